The number of carboxylic acids is 2. The molecule has 0 radical (unpaired) electrons. The molecule has 2 aliphatic rings. The standard InChI is InChI=1S/C18H25N3O.2C2HF3O2/c1-2-12-21-17(22)8-5-9-18(21)10-6-13-20(15-18)14-16-7-3-4-11-19-16;2*3-2(4,5)1(6)7/h2-4,7,11H,1,5-6,8-10,12-15H2;2*(H,6,7). The Morgan fingerprint density at radius 1 is 1.06 bits per heavy atom. The molecule has 0 saturated carbocycles. The molecule has 14 heteroatoms. The number of carboxylic acid groups (broad SMARTS) is 2. The van der Waals surface area contributed by atoms with Crippen molar-refractivity contribution in [2.45, 2.75) is 56.5 Å². The predicted molar refractivity (Wildman–Crippen MR) is 115 cm³/mol. The summed E-state index contributed by atoms with van der Waals surface area (Å²) in [6, 6.07) is 6.07. The molecule has 1 amide bonds. The molecule has 0 aliphatic carbocycles. The summed E-state index contributed by atoms with van der Waals surface area (Å²) < 4.78 is 63.5. The molecule has 3 heterocycles. The summed E-state index contributed by atoms with van der Waals surface area (Å²) >= 11 is 0. The fourth-order valence-electron chi connectivity index (χ4n) is 4.01. The zero-order chi connectivity index (χ0) is 27.6. The van der Waals surface area contributed by atoms with E-state index in [2.05, 4.69) is 27.4 Å². The van der Waals surface area contributed by atoms with E-state index in [4.69, 9.17) is 19.8 Å². The third-order valence-electron chi connectivity index (χ3n) is 5.45. The molecule has 36 heavy (non-hydrogen) atoms. The van der Waals surface area contributed by atoms with Crippen LogP contribution in [-0.4, -0.2) is 80.4 Å². The van der Waals surface area contributed by atoms with Gasteiger partial charge in [0.15, 0.2) is 0 Å². The quantitative estimate of drug-likeness (QED) is 0.452. The van der Waals surface area contributed by atoms with Crippen LogP contribution in [0.15, 0.2) is 37.1 Å². The maximum atomic E-state index is 12.4. The zero-order valence-corrected chi connectivity index (χ0v) is 19.2. The van der Waals surface area contributed by atoms with Crippen LogP contribution >= 0.6 is 0 Å². The Kier molecular flexibility index (Phi) is 11.3. The highest BCUT2D eigenvalue weighted by Gasteiger charge is 2.44. The number of piperidine rings is 2. The van der Waals surface area contributed by atoms with Crippen molar-refractivity contribution < 1.29 is 50.9 Å². The minimum absolute atomic E-state index is 0.0105. The molecule has 1 aromatic heterocycles. The van der Waals surface area contributed by atoms with E-state index in [0.717, 1.165) is 51.0 Å². The molecule has 1 aromatic rings. The molecule has 0 bridgehead atoms. The average molecular weight is 527 g/mol. The van der Waals surface area contributed by atoms with Crippen molar-refractivity contribution in [3.63, 3.8) is 0 Å². The van der Waals surface area contributed by atoms with Crippen LogP contribution in [-0.2, 0) is 20.9 Å². The second-order valence-electron chi connectivity index (χ2n) is 8.11. The van der Waals surface area contributed by atoms with Crippen LogP contribution in [0.4, 0.5) is 26.3 Å². The van der Waals surface area contributed by atoms with Gasteiger partial charge in [0.25, 0.3) is 0 Å². The topological polar surface area (TPSA) is 111 Å². The van der Waals surface area contributed by atoms with Crippen LogP contribution in [0.2, 0.25) is 0 Å². The number of amides is 1. The third kappa shape index (κ3) is 9.84. The van der Waals surface area contributed by atoms with Gasteiger partial charge in [-0.2, -0.15) is 26.3 Å². The van der Waals surface area contributed by atoms with Crippen LogP contribution in [0.3, 0.4) is 0 Å². The summed E-state index contributed by atoms with van der Waals surface area (Å²) in [6.07, 6.45) is -1.37. The van der Waals surface area contributed by atoms with Gasteiger partial charge in [-0.3, -0.25) is 14.7 Å². The van der Waals surface area contributed by atoms with Crippen LogP contribution in [0.1, 0.15) is 37.8 Å². The Balaban J connectivity index is 0.000000383. The van der Waals surface area contributed by atoms with Crippen molar-refractivity contribution in [2.75, 3.05) is 19.6 Å². The number of pyridine rings is 1. The van der Waals surface area contributed by atoms with Crippen molar-refractivity contribution in [3.05, 3.63) is 42.7 Å². The zero-order valence-electron chi connectivity index (χ0n) is 19.2. The van der Waals surface area contributed by atoms with Gasteiger partial charge in [-0.1, -0.05) is 12.1 Å². The highest BCUT2D eigenvalue weighted by atomic mass is 19.4. The smallest absolute Gasteiger partial charge is 0.475 e. The fourth-order valence-corrected chi connectivity index (χ4v) is 4.01. The van der Waals surface area contributed by atoms with E-state index in [1.807, 2.05) is 24.4 Å². The van der Waals surface area contributed by atoms with Crippen molar-refractivity contribution in [3.8, 4) is 0 Å². The average Bonchev–Trinajstić information content (AvgIpc) is 2.77. The molecule has 2 saturated heterocycles. The Bertz CT molecular complexity index is 866. The number of nitrogens with zero attached hydrogens (tertiary/aromatic N) is 3. The summed E-state index contributed by atoms with van der Waals surface area (Å²) in [5, 5.41) is 14.2. The van der Waals surface area contributed by atoms with Gasteiger partial charge < -0.3 is 15.1 Å². The number of likely N-dealkylation sites (tertiary alicyclic amines) is 2. The molecule has 3 rings (SSSR count). The molecule has 2 N–H and O–H groups in total. The summed E-state index contributed by atoms with van der Waals surface area (Å²) in [4.78, 5) is 39.2. The SMILES string of the molecule is C=CCN1C(=O)CCCC12CCCN(Cc1ccccn1)C2.O=C(O)C(F)(F)F.O=C(O)C(F)(F)F. The van der Waals surface area contributed by atoms with Gasteiger partial charge in [0.05, 0.1) is 11.2 Å². The minimum atomic E-state index is -5.08. The van der Waals surface area contributed by atoms with Gasteiger partial charge in [0, 0.05) is 32.3 Å². The van der Waals surface area contributed by atoms with Gasteiger partial charge >= 0.3 is 24.3 Å². The summed E-state index contributed by atoms with van der Waals surface area (Å²) in [6.45, 7) is 7.44. The Morgan fingerprint density at radius 3 is 2.08 bits per heavy atom. The number of aliphatic carboxylic acids is 2. The number of hydrogen-bond acceptors (Lipinski definition) is 5. The van der Waals surface area contributed by atoms with E-state index in [1.54, 1.807) is 0 Å². The number of rotatable bonds is 4. The highest BCUT2D eigenvalue weighted by molar-refractivity contribution is 5.78. The van der Waals surface area contributed by atoms with Crippen molar-refractivity contribution in [1.29, 1.82) is 0 Å². The maximum Gasteiger partial charge on any atom is 0.490 e. The molecule has 1 unspecified atom stereocenters. The number of carbonyl (C=O) groups excluding carboxylic acids is 1. The van der Waals surface area contributed by atoms with Gasteiger partial charge in [0.2, 0.25) is 5.91 Å². The van der Waals surface area contributed by atoms with E-state index < -0.39 is 24.3 Å². The van der Waals surface area contributed by atoms with Crippen LogP contribution < -0.4 is 0 Å². The van der Waals surface area contributed by atoms with E-state index in [1.165, 1.54) is 0 Å². The summed E-state index contributed by atoms with van der Waals surface area (Å²) in [7, 11) is 0. The lowest BCUT2D eigenvalue weighted by molar-refractivity contribution is -0.193. The first-order valence-electron chi connectivity index (χ1n) is 10.8. The first-order valence-corrected chi connectivity index (χ1v) is 10.8. The van der Waals surface area contributed by atoms with Crippen LogP contribution in [0.25, 0.3) is 0 Å². The number of hydrogen-bond donors (Lipinski definition) is 2. The molecule has 202 valence electrons. The lowest BCUT2D eigenvalue weighted by Crippen LogP contribution is -2.62. The molecule has 1 spiro atoms. The number of aromatic nitrogens is 1. The normalized spacial score (nSPS) is 20.5. The Hall–Kier alpha value is -3.16. The third-order valence-corrected chi connectivity index (χ3v) is 5.45. The second-order valence-corrected chi connectivity index (χ2v) is 8.11. The Morgan fingerprint density at radius 2 is 1.61 bits per heavy atom. The number of alkyl halides is 6. The molecule has 2 aliphatic heterocycles. The lowest BCUT2D eigenvalue weighted by atomic mass is 9.79. The van der Waals surface area contributed by atoms with Crippen molar-refractivity contribution in [2.24, 2.45) is 0 Å². The van der Waals surface area contributed by atoms with E-state index in [0.29, 0.717) is 18.9 Å². The van der Waals surface area contributed by atoms with Crippen molar-refractivity contribution in [1.82, 2.24) is 14.8 Å². The van der Waals surface area contributed by atoms with Crippen molar-refractivity contribution >= 4 is 17.8 Å². The first kappa shape index (κ1) is 30.9. The molecule has 0 aromatic carbocycles. The lowest BCUT2D eigenvalue weighted by Gasteiger charge is -2.52. The van der Waals surface area contributed by atoms with Crippen LogP contribution in [0.5, 0.6) is 0 Å². The second kappa shape index (κ2) is 13.2. The predicted octanol–water partition coefficient (Wildman–Crippen LogP) is 3.88. The number of halogens is 6. The summed E-state index contributed by atoms with van der Waals surface area (Å²) in [5.41, 5.74) is 1.12. The van der Waals surface area contributed by atoms with E-state index >= 15 is 0 Å². The Labute approximate surface area is 203 Å². The molecule has 8 nitrogen and oxygen atoms in total. The van der Waals surface area contributed by atoms with Gasteiger partial charge in [-0.25, -0.2) is 9.59 Å². The molecular weight excluding hydrogens is 500 g/mol. The monoisotopic (exact) mass is 527 g/mol. The van der Waals surface area contributed by atoms with Crippen LogP contribution in [0, 0.1) is 0 Å². The fraction of sp³-hybridized carbons (Fsp3) is 0.545. The largest absolute Gasteiger partial charge is 0.490 e. The number of carbonyl (C=O) groups is 3. The van der Waals surface area contributed by atoms with Gasteiger partial charge in [-0.15, -0.1) is 6.58 Å². The van der Waals surface area contributed by atoms with Gasteiger partial charge in [0.1, 0.15) is 0 Å². The van der Waals surface area contributed by atoms with E-state index in [-0.39, 0.29) is 5.54 Å². The summed E-state index contributed by atoms with van der Waals surface area (Å²) in [5.74, 6) is -5.22. The molecule has 1 atom stereocenters. The molecular formula is C22H27F6N3O5. The highest BCUT2D eigenvalue weighted by Crippen LogP contribution is 2.37. The van der Waals surface area contributed by atoms with Gasteiger partial charge in [-0.05, 0) is 44.4 Å². The maximum absolute atomic E-state index is 12.4. The van der Waals surface area contributed by atoms with E-state index in [9.17, 15) is 31.1 Å². The molecule has 2 fully saturated rings. The minimum Gasteiger partial charge on any atom is -0.475 e. The first-order chi connectivity index (χ1) is 16.6.